The maximum absolute atomic E-state index is 11.3. The fourth-order valence-electron chi connectivity index (χ4n) is 1.83. The van der Waals surface area contributed by atoms with Gasteiger partial charge in [0, 0.05) is 13.7 Å². The van der Waals surface area contributed by atoms with E-state index in [1.165, 1.54) is 12.8 Å². The summed E-state index contributed by atoms with van der Waals surface area (Å²) in [6.45, 7) is 4.72. The first kappa shape index (κ1) is 13.4. The van der Waals surface area contributed by atoms with E-state index >= 15 is 0 Å². The lowest BCUT2D eigenvalue weighted by Gasteiger charge is -2.22. The van der Waals surface area contributed by atoms with E-state index in [0.717, 1.165) is 19.6 Å². The number of methoxy groups -OCH3 is 1. The Morgan fingerprint density at radius 3 is 2.88 bits per heavy atom. The quantitative estimate of drug-likeness (QED) is 0.507. The Labute approximate surface area is 97.3 Å². The highest BCUT2D eigenvalue weighted by Crippen LogP contribution is 2.09. The number of nitrogens with one attached hydrogen (secondary N) is 3. The Morgan fingerprint density at radius 2 is 2.19 bits per heavy atom. The van der Waals surface area contributed by atoms with Gasteiger partial charge in [0.05, 0.1) is 13.2 Å². The first-order chi connectivity index (χ1) is 7.83. The molecule has 1 amide bonds. The predicted molar refractivity (Wildman–Crippen MR) is 63.3 cm³/mol. The molecule has 1 heterocycles. The van der Waals surface area contributed by atoms with Crippen molar-refractivity contribution in [1.82, 2.24) is 16.0 Å². The van der Waals surface area contributed by atoms with Gasteiger partial charge in [-0.25, -0.2) is 0 Å². The number of hydrogen-bond donors (Lipinski definition) is 3. The van der Waals surface area contributed by atoms with E-state index in [0.29, 0.717) is 25.6 Å². The van der Waals surface area contributed by atoms with Crippen LogP contribution in [0.1, 0.15) is 12.8 Å². The Hall–Kier alpha value is -0.650. The third-order valence-corrected chi connectivity index (χ3v) is 2.81. The zero-order valence-electron chi connectivity index (χ0n) is 10.1. The van der Waals surface area contributed by atoms with Gasteiger partial charge in [-0.2, -0.15) is 0 Å². The fourth-order valence-corrected chi connectivity index (χ4v) is 1.83. The SMILES string of the molecule is COCCNC(=O)CNCC1CCNCC1. The molecule has 0 atom stereocenters. The molecule has 0 aliphatic carbocycles. The molecule has 1 fully saturated rings. The normalized spacial score (nSPS) is 17.3. The molecule has 1 saturated heterocycles. The summed E-state index contributed by atoms with van der Waals surface area (Å²) in [5.74, 6) is 0.763. The molecule has 1 rings (SSSR count). The van der Waals surface area contributed by atoms with Gasteiger partial charge in [0.25, 0.3) is 0 Å². The molecule has 0 spiro atoms. The number of hydrogen-bond acceptors (Lipinski definition) is 4. The summed E-state index contributed by atoms with van der Waals surface area (Å²) in [5.41, 5.74) is 0. The van der Waals surface area contributed by atoms with Crippen LogP contribution in [0.4, 0.5) is 0 Å². The van der Waals surface area contributed by atoms with Crippen LogP contribution < -0.4 is 16.0 Å². The van der Waals surface area contributed by atoms with Crippen molar-refractivity contribution in [3.05, 3.63) is 0 Å². The summed E-state index contributed by atoms with van der Waals surface area (Å²) >= 11 is 0. The van der Waals surface area contributed by atoms with Crippen molar-refractivity contribution in [2.75, 3.05) is 46.4 Å². The molecule has 3 N–H and O–H groups in total. The molecular formula is C11H23N3O2. The number of amides is 1. The standard InChI is InChI=1S/C11H23N3O2/c1-16-7-6-14-11(15)9-13-8-10-2-4-12-5-3-10/h10,12-13H,2-9H2,1H3,(H,14,15). The molecule has 0 aromatic rings. The number of carbonyl (C=O) groups is 1. The summed E-state index contributed by atoms with van der Waals surface area (Å²) < 4.78 is 4.85. The van der Waals surface area contributed by atoms with Crippen LogP contribution in [-0.4, -0.2) is 52.3 Å². The third-order valence-electron chi connectivity index (χ3n) is 2.81. The van der Waals surface area contributed by atoms with Crippen LogP contribution >= 0.6 is 0 Å². The predicted octanol–water partition coefficient (Wildman–Crippen LogP) is -0.662. The van der Waals surface area contributed by atoms with Crippen LogP contribution in [-0.2, 0) is 9.53 Å². The first-order valence-electron chi connectivity index (χ1n) is 6.00. The average molecular weight is 229 g/mol. The minimum Gasteiger partial charge on any atom is -0.383 e. The lowest BCUT2D eigenvalue weighted by molar-refractivity contribution is -0.120. The molecule has 5 heteroatoms. The molecule has 16 heavy (non-hydrogen) atoms. The van der Waals surface area contributed by atoms with Crippen LogP contribution in [0.5, 0.6) is 0 Å². The number of carbonyl (C=O) groups excluding carboxylic acids is 1. The molecular weight excluding hydrogens is 206 g/mol. The molecule has 0 aromatic carbocycles. The molecule has 0 bridgehead atoms. The topological polar surface area (TPSA) is 62.4 Å². The Morgan fingerprint density at radius 1 is 1.44 bits per heavy atom. The highest BCUT2D eigenvalue weighted by molar-refractivity contribution is 5.77. The minimum absolute atomic E-state index is 0.0472. The summed E-state index contributed by atoms with van der Waals surface area (Å²) in [7, 11) is 1.63. The minimum atomic E-state index is 0.0472. The van der Waals surface area contributed by atoms with Crippen molar-refractivity contribution in [1.29, 1.82) is 0 Å². The van der Waals surface area contributed by atoms with Gasteiger partial charge in [-0.3, -0.25) is 4.79 Å². The van der Waals surface area contributed by atoms with Gasteiger partial charge in [-0.1, -0.05) is 0 Å². The average Bonchev–Trinajstić information content (AvgIpc) is 2.31. The van der Waals surface area contributed by atoms with Gasteiger partial charge in [0.1, 0.15) is 0 Å². The van der Waals surface area contributed by atoms with Crippen molar-refractivity contribution in [3.8, 4) is 0 Å². The van der Waals surface area contributed by atoms with Gasteiger partial charge in [0.2, 0.25) is 5.91 Å². The molecule has 0 saturated carbocycles. The number of piperidine rings is 1. The lowest BCUT2D eigenvalue weighted by atomic mass is 9.98. The van der Waals surface area contributed by atoms with E-state index in [4.69, 9.17) is 4.74 Å². The van der Waals surface area contributed by atoms with Crippen molar-refractivity contribution < 1.29 is 9.53 Å². The summed E-state index contributed by atoms with van der Waals surface area (Å²) in [6.07, 6.45) is 2.41. The summed E-state index contributed by atoms with van der Waals surface area (Å²) in [4.78, 5) is 11.3. The van der Waals surface area contributed by atoms with E-state index in [2.05, 4.69) is 16.0 Å². The zero-order chi connectivity index (χ0) is 11.6. The smallest absolute Gasteiger partial charge is 0.234 e. The Kier molecular flexibility index (Phi) is 7.12. The fraction of sp³-hybridized carbons (Fsp3) is 0.909. The maximum atomic E-state index is 11.3. The molecule has 5 nitrogen and oxygen atoms in total. The molecule has 0 radical (unpaired) electrons. The molecule has 94 valence electrons. The van der Waals surface area contributed by atoms with Crippen molar-refractivity contribution in [3.63, 3.8) is 0 Å². The van der Waals surface area contributed by atoms with E-state index in [-0.39, 0.29) is 5.91 Å². The monoisotopic (exact) mass is 229 g/mol. The van der Waals surface area contributed by atoms with Crippen LogP contribution in [0, 0.1) is 5.92 Å². The van der Waals surface area contributed by atoms with Gasteiger partial charge >= 0.3 is 0 Å². The van der Waals surface area contributed by atoms with Crippen LogP contribution in [0.15, 0.2) is 0 Å². The first-order valence-corrected chi connectivity index (χ1v) is 6.00. The molecule has 0 aromatic heterocycles. The summed E-state index contributed by atoms with van der Waals surface area (Å²) in [6, 6.07) is 0. The van der Waals surface area contributed by atoms with E-state index < -0.39 is 0 Å². The third kappa shape index (κ3) is 6.05. The summed E-state index contributed by atoms with van der Waals surface area (Å²) in [5, 5.41) is 9.31. The second kappa shape index (κ2) is 8.50. The second-order valence-electron chi connectivity index (χ2n) is 4.17. The number of rotatable bonds is 7. The van der Waals surface area contributed by atoms with Gasteiger partial charge < -0.3 is 20.7 Å². The highest BCUT2D eigenvalue weighted by Gasteiger charge is 2.12. The molecule has 1 aliphatic heterocycles. The maximum Gasteiger partial charge on any atom is 0.234 e. The van der Waals surface area contributed by atoms with Gasteiger partial charge in [-0.15, -0.1) is 0 Å². The molecule has 0 unspecified atom stereocenters. The van der Waals surface area contributed by atoms with Crippen LogP contribution in [0.2, 0.25) is 0 Å². The number of ether oxygens (including phenoxy) is 1. The lowest BCUT2D eigenvalue weighted by Crippen LogP contribution is -2.39. The van der Waals surface area contributed by atoms with Gasteiger partial charge in [-0.05, 0) is 38.4 Å². The van der Waals surface area contributed by atoms with E-state index in [1.54, 1.807) is 7.11 Å². The highest BCUT2D eigenvalue weighted by atomic mass is 16.5. The second-order valence-corrected chi connectivity index (χ2v) is 4.17. The van der Waals surface area contributed by atoms with Crippen LogP contribution in [0.25, 0.3) is 0 Å². The van der Waals surface area contributed by atoms with Gasteiger partial charge in [0.15, 0.2) is 0 Å². The van der Waals surface area contributed by atoms with Crippen molar-refractivity contribution >= 4 is 5.91 Å². The zero-order valence-corrected chi connectivity index (χ0v) is 10.1. The largest absolute Gasteiger partial charge is 0.383 e. The Balaban J connectivity index is 1.94. The Bertz CT molecular complexity index is 194. The van der Waals surface area contributed by atoms with E-state index in [9.17, 15) is 4.79 Å². The van der Waals surface area contributed by atoms with E-state index in [1.807, 2.05) is 0 Å². The van der Waals surface area contributed by atoms with Crippen molar-refractivity contribution in [2.24, 2.45) is 5.92 Å². The van der Waals surface area contributed by atoms with Crippen molar-refractivity contribution in [2.45, 2.75) is 12.8 Å². The molecule has 1 aliphatic rings. The van der Waals surface area contributed by atoms with Crippen LogP contribution in [0.3, 0.4) is 0 Å².